The Morgan fingerprint density at radius 1 is 0.913 bits per heavy atom. The quantitative estimate of drug-likeness (QED) is 0.557. The highest BCUT2D eigenvalue weighted by Gasteiger charge is 2.33. The minimum absolute atomic E-state index is 0.505. The summed E-state index contributed by atoms with van der Waals surface area (Å²) >= 11 is 10.8. The lowest BCUT2D eigenvalue weighted by atomic mass is 10.1. The third-order valence-electron chi connectivity index (χ3n) is 3.00. The van der Waals surface area contributed by atoms with Crippen LogP contribution in [0, 0.1) is 20.1 Å². The first-order valence-corrected chi connectivity index (χ1v) is 7.32. The first-order valence-electron chi connectivity index (χ1n) is 6.56. The number of Topliss-reactive ketones (excluding diaryl/α,β-unsaturated/α-hetero) is 2. The van der Waals surface area contributed by atoms with Gasteiger partial charge in [-0.25, -0.2) is 9.69 Å². The van der Waals surface area contributed by atoms with Crippen molar-refractivity contribution in [2.24, 2.45) is 0 Å². The van der Waals surface area contributed by atoms with Crippen molar-refractivity contribution in [2.45, 2.75) is 20.3 Å². The van der Waals surface area contributed by atoms with Crippen LogP contribution in [-0.2, 0) is 16.0 Å². The molecule has 6 heteroatoms. The Hall–Kier alpha value is -2.40. The normalized spacial score (nSPS) is 14.0. The molecule has 0 amide bonds. The maximum absolute atomic E-state index is 11.2. The Bertz CT molecular complexity index is 747. The molecule has 1 aliphatic carbocycles. The number of aryl methyl sites for hydroxylation is 2. The van der Waals surface area contributed by atoms with Crippen molar-refractivity contribution in [3.05, 3.63) is 79.7 Å². The zero-order valence-electron chi connectivity index (χ0n) is 12.5. The third kappa shape index (κ3) is 4.29. The molecule has 0 spiro atoms. The van der Waals surface area contributed by atoms with Gasteiger partial charge in [-0.2, -0.15) is 0 Å². The van der Waals surface area contributed by atoms with Crippen LogP contribution in [-0.4, -0.2) is 11.6 Å². The number of rotatable bonds is 1. The first kappa shape index (κ1) is 18.6. The smallest absolute Gasteiger partial charge is 0.246 e. The van der Waals surface area contributed by atoms with Gasteiger partial charge in [-0.15, -0.1) is 0 Å². The minimum Gasteiger partial charge on any atom is -0.303 e. The molecule has 4 nitrogen and oxygen atoms in total. The number of carbonyl (C=O) groups excluding carboxylic acids is 2. The van der Waals surface area contributed by atoms with Crippen LogP contribution >= 0.6 is 23.2 Å². The average Bonchev–Trinajstić information content (AvgIpc) is 2.57. The van der Waals surface area contributed by atoms with Gasteiger partial charge in [-0.1, -0.05) is 60.0 Å². The van der Waals surface area contributed by atoms with Crippen LogP contribution in [0.2, 0.25) is 0 Å². The third-order valence-corrected chi connectivity index (χ3v) is 3.82. The van der Waals surface area contributed by atoms with Gasteiger partial charge in [0.2, 0.25) is 11.4 Å². The minimum atomic E-state index is -0.878. The molecule has 1 aromatic carbocycles. The maximum Gasteiger partial charge on any atom is 0.246 e. The molecule has 0 heterocycles. The van der Waals surface area contributed by atoms with E-state index in [1.807, 2.05) is 0 Å². The Balaban J connectivity index is 0.000000253. The summed E-state index contributed by atoms with van der Waals surface area (Å²) in [5.74, 6) is -1.76. The second kappa shape index (κ2) is 8.29. The fourth-order valence-electron chi connectivity index (χ4n) is 1.65. The molecule has 0 saturated heterocycles. The van der Waals surface area contributed by atoms with Crippen LogP contribution in [0.15, 0.2) is 45.7 Å². The van der Waals surface area contributed by atoms with Crippen molar-refractivity contribution in [3.63, 3.8) is 0 Å². The van der Waals surface area contributed by atoms with Crippen LogP contribution in [0.25, 0.3) is 9.69 Å². The summed E-state index contributed by atoms with van der Waals surface area (Å²) in [4.78, 5) is 28.0. The largest absolute Gasteiger partial charge is 0.303 e. The number of benzene rings is 1. The van der Waals surface area contributed by atoms with Crippen molar-refractivity contribution in [1.82, 2.24) is 0 Å². The van der Waals surface area contributed by atoms with E-state index in [0.29, 0.717) is 0 Å². The van der Waals surface area contributed by atoms with E-state index < -0.39 is 33.0 Å². The molecule has 1 aliphatic rings. The van der Waals surface area contributed by atoms with E-state index in [2.05, 4.69) is 47.8 Å². The number of ketones is 2. The Labute approximate surface area is 144 Å². The molecule has 0 aliphatic heterocycles. The SMILES string of the molecule is CCc1ccc(C)cc1.[C-]#[N+]C1=C([N+]#[C-])C(=O)C(Cl)=C(Cl)C1=O. The lowest BCUT2D eigenvalue weighted by Gasteiger charge is -2.08. The summed E-state index contributed by atoms with van der Waals surface area (Å²) in [7, 11) is 0. The van der Waals surface area contributed by atoms with E-state index in [1.54, 1.807) is 0 Å². The number of hydrogen-bond donors (Lipinski definition) is 0. The second-order valence-electron chi connectivity index (χ2n) is 4.55. The van der Waals surface area contributed by atoms with Crippen molar-refractivity contribution in [2.75, 3.05) is 0 Å². The lowest BCUT2D eigenvalue weighted by Crippen LogP contribution is -2.16. The average molecular weight is 347 g/mol. The van der Waals surface area contributed by atoms with Crippen LogP contribution in [0.4, 0.5) is 0 Å². The number of nitrogens with zero attached hydrogens (tertiary/aromatic N) is 2. The molecule has 2 rings (SSSR count). The van der Waals surface area contributed by atoms with Gasteiger partial charge in [0.05, 0.1) is 23.2 Å². The van der Waals surface area contributed by atoms with E-state index in [0.717, 1.165) is 6.42 Å². The highest BCUT2D eigenvalue weighted by Crippen LogP contribution is 2.30. The predicted octanol–water partition coefficient (Wildman–Crippen LogP) is 4.44. The Kier molecular flexibility index (Phi) is 6.72. The summed E-state index contributed by atoms with van der Waals surface area (Å²) < 4.78 is 0. The van der Waals surface area contributed by atoms with Crippen LogP contribution < -0.4 is 0 Å². The fraction of sp³-hybridized carbons (Fsp3) is 0.176. The molecule has 0 radical (unpaired) electrons. The Morgan fingerprint density at radius 3 is 1.61 bits per heavy atom. The van der Waals surface area contributed by atoms with Gasteiger partial charge in [-0.3, -0.25) is 0 Å². The van der Waals surface area contributed by atoms with Crippen molar-refractivity contribution in [1.29, 1.82) is 0 Å². The summed E-state index contributed by atoms with van der Waals surface area (Å²) in [6.45, 7) is 17.5. The van der Waals surface area contributed by atoms with E-state index in [-0.39, 0.29) is 0 Å². The highest BCUT2D eigenvalue weighted by atomic mass is 35.5. The van der Waals surface area contributed by atoms with Gasteiger partial charge < -0.3 is 9.59 Å². The van der Waals surface area contributed by atoms with E-state index in [4.69, 9.17) is 36.3 Å². The second-order valence-corrected chi connectivity index (χ2v) is 5.30. The lowest BCUT2D eigenvalue weighted by molar-refractivity contribution is -0.115. The Morgan fingerprint density at radius 2 is 1.30 bits per heavy atom. The molecule has 23 heavy (non-hydrogen) atoms. The fourth-order valence-corrected chi connectivity index (χ4v) is 2.00. The molecule has 0 aromatic heterocycles. The zero-order valence-corrected chi connectivity index (χ0v) is 14.0. The molecular weight excluding hydrogens is 335 g/mol. The van der Waals surface area contributed by atoms with Crippen LogP contribution in [0.1, 0.15) is 18.1 Å². The molecule has 1 aromatic rings. The molecule has 0 bridgehead atoms. The van der Waals surface area contributed by atoms with Gasteiger partial charge >= 0.3 is 0 Å². The molecular formula is C17H12Cl2N2O2. The molecule has 0 unspecified atom stereocenters. The number of carbonyl (C=O) groups is 2. The molecule has 0 atom stereocenters. The topological polar surface area (TPSA) is 42.9 Å². The van der Waals surface area contributed by atoms with Gasteiger partial charge in [-0.05, 0) is 18.9 Å². The van der Waals surface area contributed by atoms with Crippen molar-refractivity contribution in [3.8, 4) is 0 Å². The number of allylic oxidation sites excluding steroid dienone is 2. The van der Waals surface area contributed by atoms with E-state index in [1.165, 1.54) is 11.1 Å². The number of hydrogen-bond acceptors (Lipinski definition) is 2. The molecule has 0 N–H and O–H groups in total. The van der Waals surface area contributed by atoms with Gasteiger partial charge in [0, 0.05) is 0 Å². The molecule has 0 fully saturated rings. The predicted molar refractivity (Wildman–Crippen MR) is 89.5 cm³/mol. The van der Waals surface area contributed by atoms with Crippen LogP contribution in [0.3, 0.4) is 0 Å². The highest BCUT2D eigenvalue weighted by molar-refractivity contribution is 6.59. The molecule has 0 saturated carbocycles. The standard InChI is InChI=1S/C9H12.C8Cl2N2O2/c1-3-9-6-4-8(2)5-7-9;1-11-5-6(12-2)8(14)4(10)3(9)7(5)13/h4-7H,3H2,1-2H3;. The summed E-state index contributed by atoms with van der Waals surface area (Å²) in [6, 6.07) is 8.66. The van der Waals surface area contributed by atoms with Gasteiger partial charge in [0.15, 0.2) is 11.6 Å². The zero-order chi connectivity index (χ0) is 17.6. The van der Waals surface area contributed by atoms with E-state index >= 15 is 0 Å². The summed E-state index contributed by atoms with van der Waals surface area (Å²) in [6.07, 6.45) is 1.14. The van der Waals surface area contributed by atoms with Crippen molar-refractivity contribution < 1.29 is 9.59 Å². The molecule has 116 valence electrons. The summed E-state index contributed by atoms with van der Waals surface area (Å²) in [5, 5.41) is -1.01. The van der Waals surface area contributed by atoms with Gasteiger partial charge in [0.1, 0.15) is 0 Å². The van der Waals surface area contributed by atoms with Crippen molar-refractivity contribution >= 4 is 34.8 Å². The van der Waals surface area contributed by atoms with Crippen LogP contribution in [0.5, 0.6) is 0 Å². The number of halogens is 2. The summed E-state index contributed by atoms with van der Waals surface area (Å²) in [5.41, 5.74) is 1.62. The monoisotopic (exact) mass is 346 g/mol. The maximum atomic E-state index is 11.2. The first-order chi connectivity index (χ1) is 10.9. The van der Waals surface area contributed by atoms with Gasteiger partial charge in [0.25, 0.3) is 0 Å². The van der Waals surface area contributed by atoms with E-state index in [9.17, 15) is 9.59 Å².